The summed E-state index contributed by atoms with van der Waals surface area (Å²) in [5.41, 5.74) is 0.282. The molecule has 5 nitrogen and oxygen atoms in total. The van der Waals surface area contributed by atoms with E-state index in [0.29, 0.717) is 5.69 Å². The van der Waals surface area contributed by atoms with Crippen molar-refractivity contribution >= 4 is 23.2 Å². The lowest BCUT2D eigenvalue weighted by atomic mass is 9.95. The molecule has 0 saturated carbocycles. The smallest absolute Gasteiger partial charge is 0.246 e. The molecule has 2 rings (SSSR count). The van der Waals surface area contributed by atoms with E-state index in [-0.39, 0.29) is 11.6 Å². The van der Waals surface area contributed by atoms with Crippen molar-refractivity contribution in [1.29, 1.82) is 0 Å². The highest BCUT2D eigenvalue weighted by molar-refractivity contribution is 5.99. The molecule has 0 aliphatic carbocycles. The average molecular weight is 335 g/mol. The Morgan fingerprint density at radius 2 is 1.83 bits per heavy atom. The summed E-state index contributed by atoms with van der Waals surface area (Å²) < 4.78 is 14.3. The fourth-order valence-corrected chi connectivity index (χ4v) is 2.57. The fraction of sp³-hybridized carbons (Fsp3) is 0.556. The van der Waals surface area contributed by atoms with Gasteiger partial charge >= 0.3 is 0 Å². The third-order valence-corrected chi connectivity index (χ3v) is 4.11. The summed E-state index contributed by atoms with van der Waals surface area (Å²) >= 11 is 0. The van der Waals surface area contributed by atoms with Crippen LogP contribution < -0.4 is 15.5 Å². The van der Waals surface area contributed by atoms with Crippen LogP contribution in [0.5, 0.6) is 0 Å². The molecular weight excluding hydrogens is 309 g/mol. The molecule has 1 aliphatic rings. The Kier molecular flexibility index (Phi) is 5.47. The zero-order valence-electron chi connectivity index (χ0n) is 14.8. The molecule has 1 atom stereocenters. The minimum Gasteiger partial charge on any atom is -0.370 e. The minimum absolute atomic E-state index is 0.182. The highest BCUT2D eigenvalue weighted by Crippen LogP contribution is 2.31. The second-order valence-electron chi connectivity index (χ2n) is 7.26. The van der Waals surface area contributed by atoms with Crippen molar-refractivity contribution in [1.82, 2.24) is 5.32 Å². The van der Waals surface area contributed by atoms with Crippen LogP contribution in [0.25, 0.3) is 0 Å². The van der Waals surface area contributed by atoms with Crippen molar-refractivity contribution in [3.05, 3.63) is 24.0 Å². The van der Waals surface area contributed by atoms with Crippen molar-refractivity contribution in [2.45, 2.75) is 46.6 Å². The number of carbonyl (C=O) groups excluding carboxylic acids is 2. The van der Waals surface area contributed by atoms with Gasteiger partial charge in [0.15, 0.2) is 0 Å². The van der Waals surface area contributed by atoms with Crippen molar-refractivity contribution in [3.63, 3.8) is 0 Å². The molecule has 6 heteroatoms. The lowest BCUT2D eigenvalue weighted by molar-refractivity contribution is -0.131. The Bertz CT molecular complexity index is 619. The molecular formula is C18H26FN3O2. The highest BCUT2D eigenvalue weighted by atomic mass is 19.1. The normalized spacial score (nSPS) is 16.0. The number of rotatable bonds is 4. The predicted octanol–water partition coefficient (Wildman–Crippen LogP) is 2.92. The van der Waals surface area contributed by atoms with Crippen molar-refractivity contribution in [2.75, 3.05) is 23.3 Å². The molecule has 1 heterocycles. The predicted molar refractivity (Wildman–Crippen MR) is 93.5 cm³/mol. The third kappa shape index (κ3) is 4.24. The lowest BCUT2D eigenvalue weighted by Gasteiger charge is -2.24. The second-order valence-corrected chi connectivity index (χ2v) is 7.26. The Morgan fingerprint density at radius 1 is 1.21 bits per heavy atom. The Labute approximate surface area is 142 Å². The summed E-state index contributed by atoms with van der Waals surface area (Å²) in [5.74, 6) is -1.13. The van der Waals surface area contributed by atoms with Gasteiger partial charge in [-0.1, -0.05) is 26.8 Å². The molecule has 0 radical (unpaired) electrons. The van der Waals surface area contributed by atoms with Crippen LogP contribution in [0, 0.1) is 11.2 Å². The van der Waals surface area contributed by atoms with Gasteiger partial charge in [-0.2, -0.15) is 0 Å². The first kappa shape index (κ1) is 18.2. The fourth-order valence-electron chi connectivity index (χ4n) is 2.57. The van der Waals surface area contributed by atoms with Crippen LogP contribution in [0.3, 0.4) is 0 Å². The average Bonchev–Trinajstić information content (AvgIpc) is 3.02. The van der Waals surface area contributed by atoms with Gasteiger partial charge in [0.1, 0.15) is 17.5 Å². The van der Waals surface area contributed by atoms with E-state index in [1.165, 1.54) is 6.07 Å². The summed E-state index contributed by atoms with van der Waals surface area (Å²) in [7, 11) is 0. The molecule has 1 aromatic rings. The second kappa shape index (κ2) is 7.20. The van der Waals surface area contributed by atoms with E-state index < -0.39 is 23.2 Å². The van der Waals surface area contributed by atoms with Crippen LogP contribution in [0.1, 0.15) is 40.5 Å². The SMILES string of the molecule is C[C@@H](NC(=O)C(C)(C)C)C(=O)Nc1c(F)cccc1N1CCCC1. The number of nitrogens with one attached hydrogen (secondary N) is 2. The topological polar surface area (TPSA) is 61.4 Å². The summed E-state index contributed by atoms with van der Waals surface area (Å²) in [6.07, 6.45) is 2.11. The molecule has 2 amide bonds. The number of para-hydroxylation sites is 1. The number of hydrogen-bond donors (Lipinski definition) is 2. The van der Waals surface area contributed by atoms with E-state index in [4.69, 9.17) is 0 Å². The van der Waals surface area contributed by atoms with Crippen molar-refractivity contribution < 1.29 is 14.0 Å². The Morgan fingerprint density at radius 3 is 2.42 bits per heavy atom. The molecule has 0 spiro atoms. The maximum absolute atomic E-state index is 14.3. The first-order chi connectivity index (χ1) is 11.2. The van der Waals surface area contributed by atoms with Gasteiger partial charge in [-0.25, -0.2) is 4.39 Å². The van der Waals surface area contributed by atoms with Crippen molar-refractivity contribution in [2.24, 2.45) is 5.41 Å². The van der Waals surface area contributed by atoms with Crippen LogP contribution in [0.2, 0.25) is 0 Å². The molecule has 1 aromatic carbocycles. The van der Waals surface area contributed by atoms with E-state index in [9.17, 15) is 14.0 Å². The highest BCUT2D eigenvalue weighted by Gasteiger charge is 2.26. The molecule has 1 aliphatic heterocycles. The van der Waals surface area contributed by atoms with Gasteiger partial charge in [0.05, 0.1) is 5.69 Å². The van der Waals surface area contributed by atoms with Crippen LogP contribution in [-0.2, 0) is 9.59 Å². The number of halogens is 1. The number of nitrogens with zero attached hydrogens (tertiary/aromatic N) is 1. The van der Waals surface area contributed by atoms with Crippen LogP contribution >= 0.6 is 0 Å². The van der Waals surface area contributed by atoms with Crippen LogP contribution in [-0.4, -0.2) is 30.9 Å². The standard InChI is InChI=1S/C18H26FN3O2/c1-12(20-17(24)18(2,3)4)16(23)21-15-13(19)8-7-9-14(15)22-10-5-6-11-22/h7-9,12H,5-6,10-11H2,1-4H3,(H,20,24)(H,21,23)/t12-/m1/s1. The van der Waals surface area contributed by atoms with Gasteiger partial charge in [-0.15, -0.1) is 0 Å². The number of amides is 2. The molecule has 0 unspecified atom stereocenters. The summed E-state index contributed by atoms with van der Waals surface area (Å²) in [4.78, 5) is 26.5. The van der Waals surface area contributed by atoms with Gasteiger partial charge in [0.2, 0.25) is 11.8 Å². The first-order valence-corrected chi connectivity index (χ1v) is 8.35. The van der Waals surface area contributed by atoms with Crippen LogP contribution in [0.4, 0.5) is 15.8 Å². The number of carbonyl (C=O) groups is 2. The maximum Gasteiger partial charge on any atom is 0.246 e. The number of hydrogen-bond acceptors (Lipinski definition) is 3. The molecule has 0 bridgehead atoms. The van der Waals surface area contributed by atoms with E-state index in [1.54, 1.807) is 33.8 Å². The van der Waals surface area contributed by atoms with E-state index >= 15 is 0 Å². The third-order valence-electron chi connectivity index (χ3n) is 4.11. The van der Waals surface area contributed by atoms with E-state index in [1.807, 2.05) is 6.07 Å². The largest absolute Gasteiger partial charge is 0.370 e. The summed E-state index contributed by atoms with van der Waals surface area (Å²) in [6.45, 7) is 8.61. The summed E-state index contributed by atoms with van der Waals surface area (Å²) in [6, 6.07) is 4.03. The maximum atomic E-state index is 14.3. The molecule has 24 heavy (non-hydrogen) atoms. The zero-order valence-corrected chi connectivity index (χ0v) is 14.8. The molecule has 1 fully saturated rings. The van der Waals surface area contributed by atoms with E-state index in [2.05, 4.69) is 15.5 Å². The molecule has 1 saturated heterocycles. The summed E-state index contributed by atoms with van der Waals surface area (Å²) in [5, 5.41) is 5.30. The molecule has 2 N–H and O–H groups in total. The lowest BCUT2D eigenvalue weighted by Crippen LogP contribution is -2.46. The van der Waals surface area contributed by atoms with Gasteiger partial charge in [0.25, 0.3) is 0 Å². The zero-order chi connectivity index (χ0) is 17.9. The number of benzene rings is 1. The van der Waals surface area contributed by atoms with Crippen molar-refractivity contribution in [3.8, 4) is 0 Å². The van der Waals surface area contributed by atoms with Gasteiger partial charge < -0.3 is 15.5 Å². The van der Waals surface area contributed by atoms with E-state index in [0.717, 1.165) is 25.9 Å². The minimum atomic E-state index is -0.747. The van der Waals surface area contributed by atoms with Gasteiger partial charge in [-0.3, -0.25) is 9.59 Å². The molecule has 132 valence electrons. The first-order valence-electron chi connectivity index (χ1n) is 8.35. The monoisotopic (exact) mass is 335 g/mol. The Hall–Kier alpha value is -2.11. The van der Waals surface area contributed by atoms with Gasteiger partial charge in [0, 0.05) is 18.5 Å². The van der Waals surface area contributed by atoms with Crippen LogP contribution in [0.15, 0.2) is 18.2 Å². The Balaban J connectivity index is 2.12. The quantitative estimate of drug-likeness (QED) is 0.889. The van der Waals surface area contributed by atoms with Gasteiger partial charge in [-0.05, 0) is 31.9 Å². The number of anilines is 2. The molecule has 0 aromatic heterocycles.